The molecule has 0 saturated heterocycles. The molecule has 0 bridgehead atoms. The van der Waals surface area contributed by atoms with Crippen molar-refractivity contribution in [2.75, 3.05) is 20.2 Å². The lowest BCUT2D eigenvalue weighted by Crippen LogP contribution is -2.37. The third kappa shape index (κ3) is 6.20. The molecule has 0 aliphatic carbocycles. The van der Waals surface area contributed by atoms with Gasteiger partial charge in [0.2, 0.25) is 0 Å². The smallest absolute Gasteiger partial charge is 0.191 e. The summed E-state index contributed by atoms with van der Waals surface area (Å²) in [5.74, 6) is 1.71. The topological polar surface area (TPSA) is 58.5 Å². The molecule has 5 nitrogen and oxygen atoms in total. The van der Waals surface area contributed by atoms with Crippen LogP contribution in [0.5, 0.6) is 5.75 Å². The zero-order valence-electron chi connectivity index (χ0n) is 14.6. The van der Waals surface area contributed by atoms with Crippen molar-refractivity contribution in [2.24, 2.45) is 4.99 Å². The van der Waals surface area contributed by atoms with Gasteiger partial charge in [-0.15, -0.1) is 11.3 Å². The van der Waals surface area contributed by atoms with Crippen molar-refractivity contribution >= 4 is 17.3 Å². The quantitative estimate of drug-likeness (QED) is 0.438. The first-order valence-corrected chi connectivity index (χ1v) is 9.10. The number of hydrogen-bond donors (Lipinski definition) is 2. The minimum Gasteiger partial charge on any atom is -0.494 e. The van der Waals surface area contributed by atoms with Gasteiger partial charge in [-0.3, -0.25) is 4.99 Å². The molecule has 130 valence electrons. The van der Waals surface area contributed by atoms with E-state index in [0.717, 1.165) is 36.1 Å². The number of benzene rings is 1. The van der Waals surface area contributed by atoms with Gasteiger partial charge in [0.15, 0.2) is 5.96 Å². The fraction of sp³-hybridized carbons (Fsp3) is 0.444. The molecule has 2 rings (SSSR count). The normalized spacial score (nSPS) is 11.4. The fourth-order valence-electron chi connectivity index (χ4n) is 2.08. The average molecular weight is 346 g/mol. The number of nitrogens with zero attached hydrogens (tertiary/aromatic N) is 2. The lowest BCUT2D eigenvalue weighted by molar-refractivity contribution is 0.311. The third-order valence-electron chi connectivity index (χ3n) is 3.48. The number of aromatic nitrogens is 1. The highest BCUT2D eigenvalue weighted by molar-refractivity contribution is 7.11. The van der Waals surface area contributed by atoms with Gasteiger partial charge in [0.05, 0.1) is 13.2 Å². The summed E-state index contributed by atoms with van der Waals surface area (Å²) in [5.41, 5.74) is 1.24. The van der Waals surface area contributed by atoms with Crippen molar-refractivity contribution in [3.63, 3.8) is 0 Å². The van der Waals surface area contributed by atoms with E-state index in [-0.39, 0.29) is 0 Å². The van der Waals surface area contributed by atoms with Gasteiger partial charge in [-0.2, -0.15) is 0 Å². The van der Waals surface area contributed by atoms with Crippen LogP contribution in [-0.4, -0.2) is 31.1 Å². The Morgan fingerprint density at radius 2 is 2.04 bits per heavy atom. The van der Waals surface area contributed by atoms with Gasteiger partial charge in [-0.1, -0.05) is 24.6 Å². The second kappa shape index (κ2) is 9.93. The van der Waals surface area contributed by atoms with Crippen molar-refractivity contribution in [3.05, 3.63) is 45.9 Å². The number of aliphatic imine (C=N–C) groups is 1. The Labute approximate surface area is 148 Å². The fourth-order valence-corrected chi connectivity index (χ4v) is 2.88. The van der Waals surface area contributed by atoms with E-state index in [2.05, 4.69) is 46.6 Å². The van der Waals surface area contributed by atoms with Gasteiger partial charge in [0.25, 0.3) is 0 Å². The van der Waals surface area contributed by atoms with Crippen LogP contribution in [0.1, 0.15) is 28.8 Å². The number of nitrogens with one attached hydrogen (secondary N) is 2. The second-order valence-corrected chi connectivity index (χ2v) is 6.64. The van der Waals surface area contributed by atoms with E-state index in [0.29, 0.717) is 13.2 Å². The summed E-state index contributed by atoms with van der Waals surface area (Å²) in [7, 11) is 1.78. The molecule has 2 N–H and O–H groups in total. The van der Waals surface area contributed by atoms with E-state index >= 15 is 0 Å². The lowest BCUT2D eigenvalue weighted by Gasteiger charge is -2.11. The Hall–Kier alpha value is -2.08. The van der Waals surface area contributed by atoms with E-state index in [1.54, 1.807) is 18.4 Å². The Morgan fingerprint density at radius 3 is 2.71 bits per heavy atom. The molecule has 0 saturated carbocycles. The number of rotatable bonds is 8. The summed E-state index contributed by atoms with van der Waals surface area (Å²) in [6.07, 6.45) is 3.89. The summed E-state index contributed by atoms with van der Waals surface area (Å²) in [4.78, 5) is 9.93. The van der Waals surface area contributed by atoms with Crippen molar-refractivity contribution in [3.8, 4) is 5.75 Å². The van der Waals surface area contributed by atoms with Crippen LogP contribution in [0, 0.1) is 6.92 Å². The van der Waals surface area contributed by atoms with Gasteiger partial charge in [-0.25, -0.2) is 4.98 Å². The van der Waals surface area contributed by atoms with Crippen LogP contribution in [0.2, 0.25) is 0 Å². The van der Waals surface area contributed by atoms with Crippen LogP contribution >= 0.6 is 11.3 Å². The molecule has 0 spiro atoms. The third-order valence-corrected chi connectivity index (χ3v) is 4.63. The van der Waals surface area contributed by atoms with Crippen molar-refractivity contribution in [1.82, 2.24) is 15.6 Å². The summed E-state index contributed by atoms with van der Waals surface area (Å²) >= 11 is 1.74. The molecule has 2 aromatic rings. The van der Waals surface area contributed by atoms with Gasteiger partial charge in [0.1, 0.15) is 10.8 Å². The molecule has 0 fully saturated rings. The summed E-state index contributed by atoms with van der Waals surface area (Å²) in [5, 5.41) is 7.66. The Bertz CT molecular complexity index is 637. The van der Waals surface area contributed by atoms with Crippen LogP contribution in [-0.2, 0) is 13.0 Å². The molecule has 0 unspecified atom stereocenters. The molecule has 1 aromatic heterocycles. The highest BCUT2D eigenvalue weighted by Crippen LogP contribution is 2.13. The van der Waals surface area contributed by atoms with Crippen LogP contribution in [0.15, 0.2) is 35.5 Å². The Kier molecular flexibility index (Phi) is 7.55. The number of thiazole rings is 1. The first-order chi connectivity index (χ1) is 11.7. The molecule has 6 heteroatoms. The maximum Gasteiger partial charge on any atom is 0.191 e. The maximum atomic E-state index is 5.71. The molecule has 1 aromatic carbocycles. The summed E-state index contributed by atoms with van der Waals surface area (Å²) < 4.78 is 5.71. The lowest BCUT2D eigenvalue weighted by atomic mass is 10.2. The zero-order valence-corrected chi connectivity index (χ0v) is 15.4. The molecule has 0 amide bonds. The maximum absolute atomic E-state index is 5.71. The molecule has 0 aliphatic rings. The number of hydrogen-bond acceptors (Lipinski definition) is 4. The van der Waals surface area contributed by atoms with Crippen LogP contribution in [0.4, 0.5) is 0 Å². The largest absolute Gasteiger partial charge is 0.494 e. The van der Waals surface area contributed by atoms with Crippen molar-refractivity contribution < 1.29 is 4.74 Å². The summed E-state index contributed by atoms with van der Waals surface area (Å²) in [6.45, 7) is 6.40. The zero-order chi connectivity index (χ0) is 17.2. The van der Waals surface area contributed by atoms with E-state index < -0.39 is 0 Å². The standard InChI is InChI=1S/C18H26N4OS/c1-4-16-12-21-17(24-16)13-22-18(19-3)20-10-5-11-23-15-8-6-14(2)7-9-15/h6-9,12H,4-5,10-11,13H2,1-3H3,(H2,19,20,22). The predicted molar refractivity (Wildman–Crippen MR) is 101 cm³/mol. The van der Waals surface area contributed by atoms with E-state index in [9.17, 15) is 0 Å². The van der Waals surface area contributed by atoms with Crippen molar-refractivity contribution in [1.29, 1.82) is 0 Å². The molecule has 1 heterocycles. The number of aryl methyl sites for hydroxylation is 2. The first-order valence-electron chi connectivity index (χ1n) is 8.29. The average Bonchev–Trinajstić information content (AvgIpc) is 3.07. The highest BCUT2D eigenvalue weighted by atomic mass is 32.1. The molecule has 0 atom stereocenters. The SMILES string of the molecule is CCc1cnc(CNC(=NC)NCCCOc2ccc(C)cc2)s1. The Balaban J connectivity index is 1.61. The molecule has 24 heavy (non-hydrogen) atoms. The van der Waals surface area contributed by atoms with Crippen LogP contribution in [0.3, 0.4) is 0 Å². The van der Waals surface area contributed by atoms with Crippen LogP contribution < -0.4 is 15.4 Å². The van der Waals surface area contributed by atoms with Gasteiger partial charge < -0.3 is 15.4 Å². The van der Waals surface area contributed by atoms with E-state index in [4.69, 9.17) is 4.74 Å². The van der Waals surface area contributed by atoms with Gasteiger partial charge in [-0.05, 0) is 31.9 Å². The van der Waals surface area contributed by atoms with Gasteiger partial charge >= 0.3 is 0 Å². The minimum absolute atomic E-state index is 0.680. The molecule has 0 radical (unpaired) electrons. The monoisotopic (exact) mass is 346 g/mol. The minimum atomic E-state index is 0.680. The highest BCUT2D eigenvalue weighted by Gasteiger charge is 2.02. The number of ether oxygens (including phenoxy) is 1. The molecular weight excluding hydrogens is 320 g/mol. The molecule has 0 aliphatic heterocycles. The first kappa shape index (κ1) is 18.3. The van der Waals surface area contributed by atoms with Crippen molar-refractivity contribution in [2.45, 2.75) is 33.2 Å². The predicted octanol–water partition coefficient (Wildman–Crippen LogP) is 3.15. The summed E-state index contributed by atoms with van der Waals surface area (Å²) in [6, 6.07) is 8.12. The van der Waals surface area contributed by atoms with Gasteiger partial charge in [0, 0.05) is 24.7 Å². The van der Waals surface area contributed by atoms with E-state index in [1.807, 2.05) is 18.3 Å². The Morgan fingerprint density at radius 1 is 1.25 bits per heavy atom. The second-order valence-electron chi connectivity index (χ2n) is 5.44. The van der Waals surface area contributed by atoms with Crippen LogP contribution in [0.25, 0.3) is 0 Å². The van der Waals surface area contributed by atoms with E-state index in [1.165, 1.54) is 10.4 Å². The number of guanidine groups is 1. The molecular formula is C18H26N4OS.